The largest absolute Gasteiger partial charge is 0.497 e. The molecule has 1 heterocycles. The number of primary amides is 1. The summed E-state index contributed by atoms with van der Waals surface area (Å²) in [6.45, 7) is 0. The average Bonchev–Trinajstić information content (AvgIpc) is 3.56. The minimum absolute atomic E-state index is 0.0187. The molecule has 0 saturated heterocycles. The van der Waals surface area contributed by atoms with E-state index in [-0.39, 0.29) is 28.2 Å². The summed E-state index contributed by atoms with van der Waals surface area (Å²) in [5, 5.41) is 3.15. The van der Waals surface area contributed by atoms with Gasteiger partial charge in [0.25, 0.3) is 11.8 Å². The number of carbonyl (C=O) groups is 3. The molecule has 0 spiro atoms. The second-order valence-corrected chi connectivity index (χ2v) is 10.2. The third-order valence-electron chi connectivity index (χ3n) is 6.64. The minimum Gasteiger partial charge on any atom is -0.497 e. The molecule has 10 nitrogen and oxygen atoms in total. The van der Waals surface area contributed by atoms with Gasteiger partial charge in [-0.25, -0.2) is 0 Å². The number of ether oxygens (including phenoxy) is 1. The Labute approximate surface area is 225 Å². The molecule has 1 fully saturated rings. The summed E-state index contributed by atoms with van der Waals surface area (Å²) in [6, 6.07) is 13.3. The van der Waals surface area contributed by atoms with E-state index in [2.05, 4.69) is 9.69 Å². The van der Waals surface area contributed by atoms with Gasteiger partial charge in [-0.1, -0.05) is 31.0 Å². The van der Waals surface area contributed by atoms with Crippen molar-refractivity contribution in [2.75, 3.05) is 36.7 Å². The van der Waals surface area contributed by atoms with Crippen molar-refractivity contribution < 1.29 is 19.1 Å². The highest BCUT2D eigenvalue weighted by Crippen LogP contribution is 2.35. The van der Waals surface area contributed by atoms with Gasteiger partial charge >= 0.3 is 0 Å². The molecule has 3 amide bonds. The van der Waals surface area contributed by atoms with Gasteiger partial charge in [-0.3, -0.25) is 19.3 Å². The van der Waals surface area contributed by atoms with E-state index in [9.17, 15) is 14.4 Å². The van der Waals surface area contributed by atoms with Crippen molar-refractivity contribution >= 4 is 46.3 Å². The maximum atomic E-state index is 14.2. The molecule has 0 radical (unpaired) electrons. The van der Waals surface area contributed by atoms with Crippen LogP contribution in [0.1, 0.15) is 57.4 Å². The van der Waals surface area contributed by atoms with Gasteiger partial charge in [-0.15, -0.1) is 0 Å². The van der Waals surface area contributed by atoms with Gasteiger partial charge in [0, 0.05) is 37.6 Å². The fourth-order valence-corrected chi connectivity index (χ4v) is 5.35. The molecule has 1 aromatic heterocycles. The molecule has 38 heavy (non-hydrogen) atoms. The fraction of sp³-hybridized carbons (Fsp3) is 0.333. The van der Waals surface area contributed by atoms with Gasteiger partial charge < -0.3 is 26.4 Å². The maximum Gasteiger partial charge on any atom is 0.273 e. The van der Waals surface area contributed by atoms with Gasteiger partial charge in [-0.05, 0) is 54.2 Å². The lowest BCUT2D eigenvalue weighted by Crippen LogP contribution is -2.46. The maximum absolute atomic E-state index is 14.2. The van der Waals surface area contributed by atoms with E-state index < -0.39 is 17.9 Å². The Morgan fingerprint density at radius 3 is 2.34 bits per heavy atom. The van der Waals surface area contributed by atoms with Crippen molar-refractivity contribution in [1.29, 1.82) is 0 Å². The zero-order chi connectivity index (χ0) is 27.4. The van der Waals surface area contributed by atoms with Crippen molar-refractivity contribution in [3.63, 3.8) is 0 Å². The average molecular weight is 537 g/mol. The first-order valence-electron chi connectivity index (χ1n) is 12.3. The normalized spacial score (nSPS) is 14.1. The lowest BCUT2D eigenvalue weighted by atomic mass is 10.0. The first kappa shape index (κ1) is 26.9. The number of nitrogens with one attached hydrogen (secondary N) is 1. The fourth-order valence-electron chi connectivity index (χ4n) is 4.61. The molecule has 200 valence electrons. The van der Waals surface area contributed by atoms with E-state index in [0.29, 0.717) is 17.0 Å². The molecule has 11 heteroatoms. The third kappa shape index (κ3) is 5.57. The van der Waals surface area contributed by atoms with Gasteiger partial charge in [0.15, 0.2) is 5.69 Å². The number of nitrogen functional groups attached to an aromatic ring is 1. The standard InChI is InChI=1S/C27H32N6O4S/c1-32(2)18-13-11-16(12-14-18)23(26(35)30-17-7-4-5-8-17)33(19-9-6-10-20(15-19)37-3)27(36)24-21(28)22(25(29)34)31-38-24/h6,9-15,17,23H,4-5,7-8,28H2,1-3H3,(H2,29,34)(H,30,35). The number of hydrogen-bond acceptors (Lipinski definition) is 8. The third-order valence-corrected chi connectivity index (χ3v) is 7.49. The van der Waals surface area contributed by atoms with Crippen molar-refractivity contribution in [2.24, 2.45) is 5.73 Å². The number of nitrogens with two attached hydrogens (primary N) is 2. The van der Waals surface area contributed by atoms with Crippen molar-refractivity contribution in [1.82, 2.24) is 9.69 Å². The summed E-state index contributed by atoms with van der Waals surface area (Å²) in [7, 11) is 5.37. The topological polar surface area (TPSA) is 144 Å². The molecule has 0 bridgehead atoms. The lowest BCUT2D eigenvalue weighted by molar-refractivity contribution is -0.123. The number of carbonyl (C=O) groups excluding carboxylic acids is 3. The Hall–Kier alpha value is -4.12. The highest BCUT2D eigenvalue weighted by molar-refractivity contribution is 7.09. The van der Waals surface area contributed by atoms with Gasteiger partial charge in [0.05, 0.1) is 12.8 Å². The van der Waals surface area contributed by atoms with E-state index in [0.717, 1.165) is 42.9 Å². The monoisotopic (exact) mass is 536 g/mol. The molecule has 1 aliphatic rings. The molecule has 1 aliphatic carbocycles. The summed E-state index contributed by atoms with van der Waals surface area (Å²) < 4.78 is 9.41. The number of benzene rings is 2. The molecule has 5 N–H and O–H groups in total. The van der Waals surface area contributed by atoms with Gasteiger partial charge in [-0.2, -0.15) is 4.37 Å². The van der Waals surface area contributed by atoms with Crippen LogP contribution in [0.5, 0.6) is 5.75 Å². The predicted octanol–water partition coefficient (Wildman–Crippen LogP) is 3.35. The number of rotatable bonds is 9. The first-order chi connectivity index (χ1) is 18.2. The van der Waals surface area contributed by atoms with Crippen LogP contribution >= 0.6 is 11.5 Å². The van der Waals surface area contributed by atoms with E-state index in [4.69, 9.17) is 16.2 Å². The Kier molecular flexibility index (Phi) is 8.16. The molecule has 3 aromatic rings. The number of anilines is 3. The molecule has 1 unspecified atom stereocenters. The van der Waals surface area contributed by atoms with Crippen LogP contribution < -0.4 is 31.3 Å². The Bertz CT molecular complexity index is 1320. The minimum atomic E-state index is -1.04. The smallest absolute Gasteiger partial charge is 0.273 e. The molecular weight excluding hydrogens is 504 g/mol. The van der Waals surface area contributed by atoms with Gasteiger partial charge in [0.2, 0.25) is 5.91 Å². The summed E-state index contributed by atoms with van der Waals surface area (Å²) in [4.78, 5) is 43.3. The molecule has 0 aliphatic heterocycles. The number of hydrogen-bond donors (Lipinski definition) is 3. The molecular formula is C27H32N6O4S. The quantitative estimate of drug-likeness (QED) is 0.380. The van der Waals surface area contributed by atoms with Crippen LogP contribution in [0, 0.1) is 0 Å². The first-order valence-corrected chi connectivity index (χ1v) is 13.1. The Morgan fingerprint density at radius 1 is 1.08 bits per heavy atom. The summed E-state index contributed by atoms with van der Waals surface area (Å²) in [5.74, 6) is -1.22. The van der Waals surface area contributed by atoms with E-state index in [1.54, 1.807) is 24.3 Å². The summed E-state index contributed by atoms with van der Waals surface area (Å²) >= 11 is 0.772. The number of aromatic nitrogens is 1. The summed E-state index contributed by atoms with van der Waals surface area (Å²) in [6.07, 6.45) is 3.85. The van der Waals surface area contributed by atoms with Crippen molar-refractivity contribution in [3.8, 4) is 5.75 Å². The number of methoxy groups -OCH3 is 1. The highest BCUT2D eigenvalue weighted by Gasteiger charge is 2.37. The van der Waals surface area contributed by atoms with Crippen molar-refractivity contribution in [2.45, 2.75) is 37.8 Å². The number of amides is 3. The van der Waals surface area contributed by atoms with Crippen LogP contribution in [0.15, 0.2) is 48.5 Å². The van der Waals surface area contributed by atoms with Crippen LogP contribution in [-0.4, -0.2) is 49.3 Å². The van der Waals surface area contributed by atoms with E-state index in [1.807, 2.05) is 43.3 Å². The van der Waals surface area contributed by atoms with E-state index >= 15 is 0 Å². The molecule has 1 atom stereocenters. The van der Waals surface area contributed by atoms with Crippen LogP contribution in [0.25, 0.3) is 0 Å². The van der Waals surface area contributed by atoms with Gasteiger partial charge in [0.1, 0.15) is 16.7 Å². The highest BCUT2D eigenvalue weighted by atomic mass is 32.1. The Balaban J connectivity index is 1.87. The zero-order valence-corrected chi connectivity index (χ0v) is 22.5. The second kappa shape index (κ2) is 11.5. The lowest BCUT2D eigenvalue weighted by Gasteiger charge is -2.32. The molecule has 2 aromatic carbocycles. The van der Waals surface area contributed by atoms with Crippen molar-refractivity contribution in [3.05, 3.63) is 64.7 Å². The molecule has 1 saturated carbocycles. The Morgan fingerprint density at radius 2 is 1.76 bits per heavy atom. The van der Waals surface area contributed by atoms with Crippen LogP contribution in [0.2, 0.25) is 0 Å². The second-order valence-electron chi connectivity index (χ2n) is 9.39. The molecule has 4 rings (SSSR count). The van der Waals surface area contributed by atoms with E-state index in [1.165, 1.54) is 12.0 Å². The van der Waals surface area contributed by atoms with Crippen LogP contribution in [0.4, 0.5) is 17.1 Å². The van der Waals surface area contributed by atoms with Crippen LogP contribution in [-0.2, 0) is 4.79 Å². The number of nitrogens with zero attached hydrogens (tertiary/aromatic N) is 3. The van der Waals surface area contributed by atoms with Crippen LogP contribution in [0.3, 0.4) is 0 Å². The zero-order valence-electron chi connectivity index (χ0n) is 21.6. The SMILES string of the molecule is COc1cccc(N(C(=O)c2snc(C(N)=O)c2N)C(C(=O)NC2CCCC2)c2ccc(N(C)C)cc2)c1. The summed E-state index contributed by atoms with van der Waals surface area (Å²) in [5.41, 5.74) is 13.2. The predicted molar refractivity (Wildman–Crippen MR) is 149 cm³/mol.